The highest BCUT2D eigenvalue weighted by Crippen LogP contribution is 2.22. The summed E-state index contributed by atoms with van der Waals surface area (Å²) in [5.41, 5.74) is 3.76. The molecule has 1 aromatic carbocycles. The molecule has 1 rings (SSSR count). The molecule has 0 aliphatic rings. The molecule has 0 saturated carbocycles. The van der Waals surface area contributed by atoms with Gasteiger partial charge in [-0.25, -0.2) is 4.79 Å². The minimum atomic E-state index is -0.986. The minimum absolute atomic E-state index is 0.155. The van der Waals surface area contributed by atoms with Gasteiger partial charge in [-0.3, -0.25) is 4.79 Å². The van der Waals surface area contributed by atoms with Gasteiger partial charge in [-0.1, -0.05) is 17.7 Å². The van der Waals surface area contributed by atoms with Crippen molar-refractivity contribution in [2.45, 2.75) is 66.5 Å². The molecule has 1 amide bonds. The number of carbonyl (C=O) groups is 2. The molecule has 1 aromatic rings. The molecule has 0 saturated heterocycles. The fourth-order valence-corrected chi connectivity index (χ4v) is 3.01. The van der Waals surface area contributed by atoms with Gasteiger partial charge in [0.05, 0.1) is 6.42 Å². The number of aryl methyl sites for hydroxylation is 3. The van der Waals surface area contributed by atoms with E-state index in [1.165, 1.54) is 4.90 Å². The van der Waals surface area contributed by atoms with Crippen LogP contribution < -0.4 is 0 Å². The number of carbonyl (C=O) groups excluding carboxylic acids is 1. The molecule has 0 bridgehead atoms. The third-order valence-corrected chi connectivity index (χ3v) is 3.90. The van der Waals surface area contributed by atoms with Crippen molar-refractivity contribution in [3.63, 3.8) is 0 Å². The van der Waals surface area contributed by atoms with Crippen LogP contribution >= 0.6 is 0 Å². The lowest BCUT2D eigenvalue weighted by Gasteiger charge is -2.39. The Kier molecular flexibility index (Phi) is 5.39. The van der Waals surface area contributed by atoms with E-state index in [9.17, 15) is 14.7 Å². The van der Waals surface area contributed by atoms with Gasteiger partial charge in [0.25, 0.3) is 0 Å². The predicted octanol–water partition coefficient (Wildman–Crippen LogP) is 3.25. The molecule has 0 unspecified atom stereocenters. The van der Waals surface area contributed by atoms with E-state index in [1.807, 2.05) is 41.5 Å². The summed E-state index contributed by atoms with van der Waals surface area (Å²) < 4.78 is 0. The summed E-state index contributed by atoms with van der Waals surface area (Å²) in [4.78, 5) is 25.6. The van der Waals surface area contributed by atoms with E-state index >= 15 is 0 Å². The summed E-state index contributed by atoms with van der Waals surface area (Å²) in [6.07, 6.45) is 0.229. The van der Waals surface area contributed by atoms with Gasteiger partial charge in [0.2, 0.25) is 5.91 Å². The summed E-state index contributed by atoms with van der Waals surface area (Å²) >= 11 is 0. The molecule has 122 valence electrons. The fourth-order valence-electron chi connectivity index (χ4n) is 3.01. The zero-order valence-electron chi connectivity index (χ0n) is 14.7. The second kappa shape index (κ2) is 6.51. The topological polar surface area (TPSA) is 57.6 Å². The maximum atomic E-state index is 12.8. The van der Waals surface area contributed by atoms with E-state index in [1.54, 1.807) is 6.92 Å². The van der Waals surface area contributed by atoms with E-state index in [4.69, 9.17) is 0 Å². The first kappa shape index (κ1) is 18.2. The summed E-state index contributed by atoms with van der Waals surface area (Å²) in [7, 11) is 0. The van der Waals surface area contributed by atoms with Crippen molar-refractivity contribution in [1.29, 1.82) is 0 Å². The molecule has 4 nitrogen and oxygen atoms in total. The van der Waals surface area contributed by atoms with Crippen molar-refractivity contribution in [3.05, 3.63) is 34.4 Å². The molecule has 1 N–H and O–H groups in total. The number of rotatable bonds is 4. The third kappa shape index (κ3) is 4.09. The summed E-state index contributed by atoms with van der Waals surface area (Å²) in [5, 5.41) is 9.28. The molecule has 0 heterocycles. The average molecular weight is 305 g/mol. The SMILES string of the molecule is Cc1cc(C)c(CC(=O)N([C@@H](C)C(=O)O)C(C)(C)C)c(C)c1. The van der Waals surface area contributed by atoms with Crippen molar-refractivity contribution >= 4 is 11.9 Å². The van der Waals surface area contributed by atoms with Gasteiger partial charge in [-0.2, -0.15) is 0 Å². The molecule has 0 aliphatic heterocycles. The van der Waals surface area contributed by atoms with E-state index in [2.05, 4.69) is 12.1 Å². The fraction of sp³-hybridized carbons (Fsp3) is 0.556. The Hall–Kier alpha value is -1.84. The van der Waals surface area contributed by atoms with Gasteiger partial charge in [-0.15, -0.1) is 0 Å². The number of carboxylic acid groups (broad SMARTS) is 1. The highest BCUT2D eigenvalue weighted by Gasteiger charge is 2.34. The van der Waals surface area contributed by atoms with Crippen molar-refractivity contribution in [3.8, 4) is 0 Å². The van der Waals surface area contributed by atoms with Gasteiger partial charge in [0.1, 0.15) is 6.04 Å². The molecular formula is C18H27NO3. The second-order valence-electron chi connectivity index (χ2n) is 7.00. The van der Waals surface area contributed by atoms with Crippen LogP contribution in [0.4, 0.5) is 0 Å². The molecule has 0 aliphatic carbocycles. The van der Waals surface area contributed by atoms with Crippen LogP contribution in [-0.2, 0) is 16.0 Å². The first-order valence-electron chi connectivity index (χ1n) is 7.57. The van der Waals surface area contributed by atoms with Crippen LogP contribution in [0, 0.1) is 20.8 Å². The standard InChI is InChI=1S/C18H27NO3/c1-11-8-12(2)15(13(3)9-11)10-16(20)19(18(5,6)7)14(4)17(21)22/h8-9,14H,10H2,1-7H3,(H,21,22)/t14-/m0/s1. The van der Waals surface area contributed by atoms with Gasteiger partial charge in [0.15, 0.2) is 0 Å². The van der Waals surface area contributed by atoms with E-state index in [-0.39, 0.29) is 12.3 Å². The van der Waals surface area contributed by atoms with Crippen LogP contribution in [0.15, 0.2) is 12.1 Å². The molecule has 0 fully saturated rings. The Labute approximate surface area is 133 Å². The Balaban J connectivity index is 3.15. The van der Waals surface area contributed by atoms with Crippen molar-refractivity contribution < 1.29 is 14.7 Å². The zero-order valence-corrected chi connectivity index (χ0v) is 14.7. The smallest absolute Gasteiger partial charge is 0.326 e. The largest absolute Gasteiger partial charge is 0.480 e. The highest BCUT2D eigenvalue weighted by molar-refractivity contribution is 5.85. The summed E-state index contributed by atoms with van der Waals surface area (Å²) in [5.74, 6) is -1.14. The van der Waals surface area contributed by atoms with Crippen molar-refractivity contribution in [2.75, 3.05) is 0 Å². The molecule has 0 radical (unpaired) electrons. The number of hydrogen-bond donors (Lipinski definition) is 1. The van der Waals surface area contributed by atoms with E-state index < -0.39 is 17.6 Å². The molecule has 22 heavy (non-hydrogen) atoms. The number of carboxylic acids is 1. The third-order valence-electron chi connectivity index (χ3n) is 3.90. The number of hydrogen-bond acceptors (Lipinski definition) is 2. The quantitative estimate of drug-likeness (QED) is 0.929. The lowest BCUT2D eigenvalue weighted by atomic mass is 9.95. The molecule has 1 atom stereocenters. The first-order valence-corrected chi connectivity index (χ1v) is 7.57. The van der Waals surface area contributed by atoms with Crippen LogP contribution in [0.1, 0.15) is 49.9 Å². The Morgan fingerprint density at radius 1 is 1.14 bits per heavy atom. The minimum Gasteiger partial charge on any atom is -0.480 e. The van der Waals surface area contributed by atoms with Gasteiger partial charge in [0, 0.05) is 5.54 Å². The zero-order chi connectivity index (χ0) is 17.2. The van der Waals surface area contributed by atoms with Gasteiger partial charge < -0.3 is 10.0 Å². The first-order chi connectivity index (χ1) is 9.95. The average Bonchev–Trinajstić information content (AvgIpc) is 2.31. The maximum absolute atomic E-state index is 12.8. The molecule has 0 aromatic heterocycles. The maximum Gasteiger partial charge on any atom is 0.326 e. The van der Waals surface area contributed by atoms with Crippen LogP contribution in [0.5, 0.6) is 0 Å². The Bertz CT molecular complexity index is 561. The molecular weight excluding hydrogens is 278 g/mol. The lowest BCUT2D eigenvalue weighted by molar-refractivity contribution is -0.153. The number of benzene rings is 1. The number of amides is 1. The van der Waals surface area contributed by atoms with Crippen LogP contribution in [0.25, 0.3) is 0 Å². The van der Waals surface area contributed by atoms with E-state index in [0.717, 1.165) is 22.3 Å². The van der Waals surface area contributed by atoms with E-state index in [0.29, 0.717) is 0 Å². The van der Waals surface area contributed by atoms with Crippen LogP contribution in [-0.4, -0.2) is 33.5 Å². The van der Waals surface area contributed by atoms with Crippen LogP contribution in [0.3, 0.4) is 0 Å². The summed E-state index contributed by atoms with van der Waals surface area (Å²) in [6.45, 7) is 13.1. The molecule has 4 heteroatoms. The van der Waals surface area contributed by atoms with Gasteiger partial charge in [-0.05, 0) is 65.2 Å². The lowest BCUT2D eigenvalue weighted by Crippen LogP contribution is -2.54. The van der Waals surface area contributed by atoms with Crippen LogP contribution in [0.2, 0.25) is 0 Å². The molecule has 0 spiro atoms. The van der Waals surface area contributed by atoms with Crippen molar-refractivity contribution in [1.82, 2.24) is 4.90 Å². The Morgan fingerprint density at radius 3 is 1.95 bits per heavy atom. The predicted molar refractivity (Wildman–Crippen MR) is 88.1 cm³/mol. The number of aliphatic carboxylic acids is 1. The number of nitrogens with zero attached hydrogens (tertiary/aromatic N) is 1. The second-order valence-corrected chi connectivity index (χ2v) is 7.00. The monoisotopic (exact) mass is 305 g/mol. The van der Waals surface area contributed by atoms with Crippen molar-refractivity contribution in [2.24, 2.45) is 0 Å². The van der Waals surface area contributed by atoms with Gasteiger partial charge >= 0.3 is 5.97 Å². The normalized spacial score (nSPS) is 12.9. The summed E-state index contributed by atoms with van der Waals surface area (Å²) in [6, 6.07) is 3.26. The highest BCUT2D eigenvalue weighted by atomic mass is 16.4. The Morgan fingerprint density at radius 2 is 1.59 bits per heavy atom.